The minimum Gasteiger partial charge on any atom is -0.370 e. The van der Waals surface area contributed by atoms with Crippen LogP contribution in [0.25, 0.3) is 0 Å². The second kappa shape index (κ2) is 6.20. The predicted octanol–water partition coefficient (Wildman–Crippen LogP) is 2.90. The minimum atomic E-state index is -0.192. The Hall–Kier alpha value is -1.35. The number of amides is 1. The van der Waals surface area contributed by atoms with Crippen molar-refractivity contribution in [1.82, 2.24) is 0 Å². The van der Waals surface area contributed by atoms with Crippen LogP contribution in [0.15, 0.2) is 30.3 Å². The molecule has 104 valence electrons. The molecule has 1 unspecified atom stereocenters. The van der Waals surface area contributed by atoms with E-state index in [-0.39, 0.29) is 17.4 Å². The average molecular weight is 260 g/mol. The van der Waals surface area contributed by atoms with Gasteiger partial charge in [0.25, 0.3) is 0 Å². The largest absolute Gasteiger partial charge is 0.370 e. The highest BCUT2D eigenvalue weighted by atomic mass is 16.1. The Balaban J connectivity index is 2.09. The highest BCUT2D eigenvalue weighted by Gasteiger charge is 2.35. The van der Waals surface area contributed by atoms with E-state index in [9.17, 15) is 4.79 Å². The third-order valence-corrected chi connectivity index (χ3v) is 4.34. The van der Waals surface area contributed by atoms with Crippen LogP contribution >= 0.6 is 0 Å². The normalized spacial score (nSPS) is 19.8. The van der Waals surface area contributed by atoms with Gasteiger partial charge in [-0.05, 0) is 30.2 Å². The van der Waals surface area contributed by atoms with Gasteiger partial charge in [0.05, 0.1) is 0 Å². The van der Waals surface area contributed by atoms with E-state index in [0.717, 1.165) is 24.8 Å². The lowest BCUT2D eigenvalue weighted by Gasteiger charge is -2.38. The Morgan fingerprint density at radius 1 is 1.16 bits per heavy atom. The fourth-order valence-corrected chi connectivity index (χ4v) is 3.41. The SMILES string of the molecule is NC(=O)CC1(CC(N)c2ccccc2)CCCCC1. The van der Waals surface area contributed by atoms with Crippen molar-refractivity contribution < 1.29 is 4.79 Å². The number of carbonyl (C=O) groups is 1. The average Bonchev–Trinajstić information content (AvgIpc) is 2.39. The van der Waals surface area contributed by atoms with E-state index in [1.807, 2.05) is 18.2 Å². The van der Waals surface area contributed by atoms with Crippen LogP contribution in [-0.2, 0) is 4.79 Å². The van der Waals surface area contributed by atoms with Gasteiger partial charge in [0.1, 0.15) is 0 Å². The molecule has 0 aromatic heterocycles. The fraction of sp³-hybridized carbons (Fsp3) is 0.562. The highest BCUT2D eigenvalue weighted by Crippen LogP contribution is 2.44. The maximum absolute atomic E-state index is 11.4. The molecule has 1 aliphatic carbocycles. The Labute approximate surface area is 115 Å². The van der Waals surface area contributed by atoms with Crippen molar-refractivity contribution in [2.75, 3.05) is 0 Å². The van der Waals surface area contributed by atoms with Crippen molar-refractivity contribution >= 4 is 5.91 Å². The topological polar surface area (TPSA) is 69.1 Å². The number of hydrogen-bond acceptors (Lipinski definition) is 2. The summed E-state index contributed by atoms with van der Waals surface area (Å²) in [6.45, 7) is 0. The summed E-state index contributed by atoms with van der Waals surface area (Å²) >= 11 is 0. The lowest BCUT2D eigenvalue weighted by Crippen LogP contribution is -2.33. The van der Waals surface area contributed by atoms with Crippen molar-refractivity contribution in [1.29, 1.82) is 0 Å². The molecule has 0 spiro atoms. The standard InChI is InChI=1S/C16H24N2O/c17-14(13-7-3-1-4-8-13)11-16(12-15(18)19)9-5-2-6-10-16/h1,3-4,7-8,14H,2,5-6,9-12,17H2,(H2,18,19). The summed E-state index contributed by atoms with van der Waals surface area (Å²) in [6.07, 6.45) is 7.14. The third-order valence-electron chi connectivity index (χ3n) is 4.34. The first-order valence-electron chi connectivity index (χ1n) is 7.20. The molecule has 1 aromatic rings. The number of rotatable bonds is 5. The molecule has 0 radical (unpaired) electrons. The molecule has 19 heavy (non-hydrogen) atoms. The van der Waals surface area contributed by atoms with E-state index in [0.29, 0.717) is 6.42 Å². The highest BCUT2D eigenvalue weighted by molar-refractivity contribution is 5.74. The number of carbonyl (C=O) groups excluding carboxylic acids is 1. The third kappa shape index (κ3) is 3.80. The molecule has 0 bridgehead atoms. The van der Waals surface area contributed by atoms with Crippen LogP contribution in [0.3, 0.4) is 0 Å². The first-order chi connectivity index (χ1) is 9.11. The fourth-order valence-electron chi connectivity index (χ4n) is 3.41. The summed E-state index contributed by atoms with van der Waals surface area (Å²) in [4.78, 5) is 11.4. The van der Waals surface area contributed by atoms with E-state index < -0.39 is 0 Å². The van der Waals surface area contributed by atoms with Gasteiger partial charge in [0, 0.05) is 12.5 Å². The summed E-state index contributed by atoms with van der Waals surface area (Å²) in [5.74, 6) is -0.192. The molecular weight excluding hydrogens is 236 g/mol. The molecule has 1 aliphatic rings. The summed E-state index contributed by atoms with van der Waals surface area (Å²) in [6, 6.07) is 10.1. The van der Waals surface area contributed by atoms with E-state index in [4.69, 9.17) is 11.5 Å². The smallest absolute Gasteiger partial charge is 0.217 e. The van der Waals surface area contributed by atoms with Crippen molar-refractivity contribution in [2.45, 2.75) is 51.0 Å². The maximum atomic E-state index is 11.4. The maximum Gasteiger partial charge on any atom is 0.217 e. The van der Waals surface area contributed by atoms with Gasteiger partial charge in [-0.1, -0.05) is 49.6 Å². The second-order valence-corrected chi connectivity index (χ2v) is 5.93. The number of benzene rings is 1. The van der Waals surface area contributed by atoms with Crippen molar-refractivity contribution in [2.24, 2.45) is 16.9 Å². The van der Waals surface area contributed by atoms with Gasteiger partial charge in [-0.3, -0.25) is 4.79 Å². The van der Waals surface area contributed by atoms with Gasteiger partial charge in [-0.15, -0.1) is 0 Å². The van der Waals surface area contributed by atoms with Gasteiger partial charge in [0.15, 0.2) is 0 Å². The summed E-state index contributed by atoms with van der Waals surface area (Å²) < 4.78 is 0. The van der Waals surface area contributed by atoms with Gasteiger partial charge >= 0.3 is 0 Å². The quantitative estimate of drug-likeness (QED) is 0.854. The zero-order valence-electron chi connectivity index (χ0n) is 11.5. The Kier molecular flexibility index (Phi) is 4.59. The molecule has 1 saturated carbocycles. The van der Waals surface area contributed by atoms with E-state index >= 15 is 0 Å². The summed E-state index contributed by atoms with van der Waals surface area (Å²) in [5, 5.41) is 0. The zero-order valence-corrected chi connectivity index (χ0v) is 11.5. The number of nitrogens with two attached hydrogens (primary N) is 2. The molecule has 1 amide bonds. The molecule has 0 saturated heterocycles. The first kappa shape index (κ1) is 14.1. The molecule has 2 rings (SSSR count). The van der Waals surface area contributed by atoms with E-state index in [1.54, 1.807) is 0 Å². The van der Waals surface area contributed by atoms with Crippen LogP contribution in [0.2, 0.25) is 0 Å². The molecule has 1 fully saturated rings. The monoisotopic (exact) mass is 260 g/mol. The lowest BCUT2D eigenvalue weighted by molar-refractivity contribution is -0.121. The van der Waals surface area contributed by atoms with Crippen LogP contribution in [0.4, 0.5) is 0 Å². The Bertz CT molecular complexity index is 410. The van der Waals surface area contributed by atoms with Crippen molar-refractivity contribution in [3.05, 3.63) is 35.9 Å². The molecule has 0 aliphatic heterocycles. The van der Waals surface area contributed by atoms with Gasteiger partial charge < -0.3 is 11.5 Å². The van der Waals surface area contributed by atoms with Gasteiger partial charge in [0.2, 0.25) is 5.91 Å². The van der Waals surface area contributed by atoms with Crippen LogP contribution in [0.5, 0.6) is 0 Å². The molecular formula is C16H24N2O. The first-order valence-corrected chi connectivity index (χ1v) is 7.20. The Morgan fingerprint density at radius 2 is 1.79 bits per heavy atom. The zero-order chi connectivity index (χ0) is 13.7. The molecule has 3 heteroatoms. The predicted molar refractivity (Wildman–Crippen MR) is 77.3 cm³/mol. The molecule has 1 aromatic carbocycles. The van der Waals surface area contributed by atoms with E-state index in [2.05, 4.69) is 12.1 Å². The molecule has 1 atom stereocenters. The minimum absolute atomic E-state index is 0.00125. The van der Waals surface area contributed by atoms with Gasteiger partial charge in [-0.2, -0.15) is 0 Å². The number of hydrogen-bond donors (Lipinski definition) is 2. The molecule has 0 heterocycles. The van der Waals surface area contributed by atoms with Crippen molar-refractivity contribution in [3.8, 4) is 0 Å². The van der Waals surface area contributed by atoms with Crippen LogP contribution in [0, 0.1) is 5.41 Å². The van der Waals surface area contributed by atoms with Gasteiger partial charge in [-0.25, -0.2) is 0 Å². The van der Waals surface area contributed by atoms with Crippen LogP contribution in [0.1, 0.15) is 56.6 Å². The molecule has 4 N–H and O–H groups in total. The molecule has 3 nitrogen and oxygen atoms in total. The lowest BCUT2D eigenvalue weighted by atomic mass is 9.67. The van der Waals surface area contributed by atoms with Crippen molar-refractivity contribution in [3.63, 3.8) is 0 Å². The van der Waals surface area contributed by atoms with E-state index in [1.165, 1.54) is 19.3 Å². The summed E-state index contributed by atoms with van der Waals surface area (Å²) in [5.41, 5.74) is 13.0. The summed E-state index contributed by atoms with van der Waals surface area (Å²) in [7, 11) is 0. The number of primary amides is 1. The van der Waals surface area contributed by atoms with Crippen LogP contribution in [-0.4, -0.2) is 5.91 Å². The van der Waals surface area contributed by atoms with Crippen LogP contribution < -0.4 is 11.5 Å². The second-order valence-electron chi connectivity index (χ2n) is 5.93. The Morgan fingerprint density at radius 3 is 2.37 bits per heavy atom.